The molecule has 2 atom stereocenters. The summed E-state index contributed by atoms with van der Waals surface area (Å²) in [7, 11) is 0. The molecule has 10 heteroatoms. The molecule has 0 fully saturated rings. The number of esters is 1. The molecule has 166 valence electrons. The number of nitrogens with zero attached hydrogens (tertiary/aromatic N) is 2. The van der Waals surface area contributed by atoms with Crippen LogP contribution in [-0.4, -0.2) is 40.3 Å². The van der Waals surface area contributed by atoms with E-state index in [1.54, 1.807) is 58.0 Å². The summed E-state index contributed by atoms with van der Waals surface area (Å²) in [6.07, 6.45) is -0.971. The number of nitrogens with one attached hydrogen (secondary N) is 1. The third kappa shape index (κ3) is 6.95. The van der Waals surface area contributed by atoms with Gasteiger partial charge in [-0.3, -0.25) is 10.1 Å². The molecule has 2 rings (SSSR count). The molecule has 0 bridgehead atoms. The first-order chi connectivity index (χ1) is 14.6. The normalized spacial score (nSPS) is 12.9. The molecule has 1 amide bonds. The van der Waals surface area contributed by atoms with Crippen molar-refractivity contribution in [3.8, 4) is 5.88 Å². The van der Waals surface area contributed by atoms with E-state index in [0.717, 1.165) is 0 Å². The van der Waals surface area contributed by atoms with E-state index in [1.807, 2.05) is 0 Å². The number of pyridine rings is 1. The lowest BCUT2D eigenvalue weighted by Gasteiger charge is -2.28. The number of hydrogen-bond acceptors (Lipinski definition) is 8. The number of carbonyl (C=O) groups excluding carboxylic acids is 2. The Morgan fingerprint density at radius 1 is 1.16 bits per heavy atom. The molecule has 1 heterocycles. The standard InChI is InChI=1S/C21H25N3O7/c1-5-29-19(25)17(30-18-15(24(27)28)12-9-13-22-18)16(14-10-7-6-8-11-14)23-20(26)31-21(2,3)4/h6-13,16-17H,5H2,1-4H3,(H,23,26)/t16?,17-/m1/s1. The van der Waals surface area contributed by atoms with E-state index in [9.17, 15) is 19.7 Å². The van der Waals surface area contributed by atoms with Crippen LogP contribution in [0.2, 0.25) is 0 Å². The number of hydrogen-bond donors (Lipinski definition) is 1. The second kappa shape index (κ2) is 10.4. The van der Waals surface area contributed by atoms with Crippen LogP contribution in [0.5, 0.6) is 5.88 Å². The van der Waals surface area contributed by atoms with Crippen molar-refractivity contribution in [3.63, 3.8) is 0 Å². The Balaban J connectivity index is 2.47. The summed E-state index contributed by atoms with van der Waals surface area (Å²) in [5, 5.41) is 14.0. The van der Waals surface area contributed by atoms with Crippen molar-refractivity contribution in [1.82, 2.24) is 10.3 Å². The van der Waals surface area contributed by atoms with Crippen LogP contribution in [-0.2, 0) is 14.3 Å². The summed E-state index contributed by atoms with van der Waals surface area (Å²) in [5.74, 6) is -1.20. The summed E-state index contributed by atoms with van der Waals surface area (Å²) in [4.78, 5) is 39.8. The lowest BCUT2D eigenvalue weighted by molar-refractivity contribution is -0.386. The van der Waals surface area contributed by atoms with Gasteiger partial charge >= 0.3 is 17.7 Å². The molecule has 31 heavy (non-hydrogen) atoms. The average Bonchev–Trinajstić information content (AvgIpc) is 2.70. The molecule has 1 unspecified atom stereocenters. The number of amides is 1. The largest absolute Gasteiger partial charge is 0.463 e. The smallest absolute Gasteiger partial charge is 0.408 e. The summed E-state index contributed by atoms with van der Waals surface area (Å²) in [5.41, 5.74) is -0.711. The van der Waals surface area contributed by atoms with Crippen molar-refractivity contribution in [2.45, 2.75) is 45.4 Å². The molecule has 1 aromatic heterocycles. The zero-order valence-electron chi connectivity index (χ0n) is 17.7. The molecule has 0 saturated heterocycles. The van der Waals surface area contributed by atoms with E-state index in [-0.39, 0.29) is 12.5 Å². The maximum atomic E-state index is 12.8. The number of aromatic nitrogens is 1. The van der Waals surface area contributed by atoms with Crippen LogP contribution in [0.25, 0.3) is 0 Å². The van der Waals surface area contributed by atoms with E-state index in [1.165, 1.54) is 18.3 Å². The highest BCUT2D eigenvalue weighted by atomic mass is 16.6. The van der Waals surface area contributed by atoms with Crippen molar-refractivity contribution < 1.29 is 28.7 Å². The Hall–Kier alpha value is -3.69. The Morgan fingerprint density at radius 2 is 1.84 bits per heavy atom. The second-order valence-corrected chi connectivity index (χ2v) is 7.41. The van der Waals surface area contributed by atoms with Crippen LogP contribution < -0.4 is 10.1 Å². The molecular weight excluding hydrogens is 406 g/mol. The Bertz CT molecular complexity index is 913. The summed E-state index contributed by atoms with van der Waals surface area (Å²) in [6, 6.07) is 10.0. The van der Waals surface area contributed by atoms with E-state index in [0.29, 0.717) is 5.56 Å². The van der Waals surface area contributed by atoms with Gasteiger partial charge in [-0.15, -0.1) is 0 Å². The highest BCUT2D eigenvalue weighted by Gasteiger charge is 2.37. The quantitative estimate of drug-likeness (QED) is 0.381. The van der Waals surface area contributed by atoms with Crippen molar-refractivity contribution in [1.29, 1.82) is 0 Å². The van der Waals surface area contributed by atoms with E-state index >= 15 is 0 Å². The lowest BCUT2D eigenvalue weighted by atomic mass is 10.0. The number of ether oxygens (including phenoxy) is 3. The molecule has 0 aliphatic rings. The van der Waals surface area contributed by atoms with Gasteiger partial charge in [-0.25, -0.2) is 14.6 Å². The maximum Gasteiger partial charge on any atom is 0.408 e. The minimum absolute atomic E-state index is 0.0386. The molecule has 0 radical (unpaired) electrons. The Labute approximate surface area is 179 Å². The SMILES string of the molecule is CCOC(=O)[C@H](Oc1ncccc1[N+](=O)[O-])C(NC(=O)OC(C)(C)C)c1ccccc1. The van der Waals surface area contributed by atoms with Gasteiger partial charge in [0.2, 0.25) is 6.10 Å². The van der Waals surface area contributed by atoms with Gasteiger partial charge in [0.15, 0.2) is 0 Å². The topological polar surface area (TPSA) is 130 Å². The van der Waals surface area contributed by atoms with Gasteiger partial charge < -0.3 is 19.5 Å². The van der Waals surface area contributed by atoms with Gasteiger partial charge in [-0.1, -0.05) is 30.3 Å². The number of alkyl carbamates (subject to hydrolysis) is 1. The van der Waals surface area contributed by atoms with Crippen LogP contribution in [0.4, 0.5) is 10.5 Å². The zero-order chi connectivity index (χ0) is 23.0. The predicted octanol–water partition coefficient (Wildman–Crippen LogP) is 3.57. The van der Waals surface area contributed by atoms with Crippen LogP contribution in [0, 0.1) is 10.1 Å². The molecule has 0 aliphatic heterocycles. The van der Waals surface area contributed by atoms with Crippen molar-refractivity contribution in [2.75, 3.05) is 6.61 Å². The van der Waals surface area contributed by atoms with Gasteiger partial charge in [0.25, 0.3) is 5.88 Å². The minimum atomic E-state index is -1.47. The van der Waals surface area contributed by atoms with Gasteiger partial charge in [-0.05, 0) is 39.3 Å². The summed E-state index contributed by atoms with van der Waals surface area (Å²) < 4.78 is 16.1. The summed E-state index contributed by atoms with van der Waals surface area (Å²) >= 11 is 0. The number of rotatable bonds is 8. The molecule has 1 aromatic carbocycles. The highest BCUT2D eigenvalue weighted by molar-refractivity contribution is 5.78. The highest BCUT2D eigenvalue weighted by Crippen LogP contribution is 2.28. The average molecular weight is 431 g/mol. The molecule has 2 aromatic rings. The molecule has 10 nitrogen and oxygen atoms in total. The van der Waals surface area contributed by atoms with Crippen LogP contribution >= 0.6 is 0 Å². The van der Waals surface area contributed by atoms with E-state index in [2.05, 4.69) is 10.3 Å². The van der Waals surface area contributed by atoms with Crippen LogP contribution in [0.1, 0.15) is 39.3 Å². The maximum absolute atomic E-state index is 12.8. The number of benzene rings is 1. The number of nitro groups is 1. The van der Waals surface area contributed by atoms with Crippen LogP contribution in [0.15, 0.2) is 48.7 Å². The zero-order valence-corrected chi connectivity index (χ0v) is 17.7. The van der Waals surface area contributed by atoms with E-state index < -0.39 is 40.4 Å². The molecule has 0 spiro atoms. The number of carbonyl (C=O) groups is 2. The molecule has 0 aliphatic carbocycles. The fraction of sp³-hybridized carbons (Fsp3) is 0.381. The van der Waals surface area contributed by atoms with Crippen molar-refractivity contribution in [3.05, 3.63) is 64.3 Å². The van der Waals surface area contributed by atoms with Gasteiger partial charge in [0, 0.05) is 12.3 Å². The predicted molar refractivity (Wildman–Crippen MR) is 110 cm³/mol. The monoisotopic (exact) mass is 431 g/mol. The Kier molecular flexibility index (Phi) is 7.89. The van der Waals surface area contributed by atoms with Crippen LogP contribution in [0.3, 0.4) is 0 Å². The van der Waals surface area contributed by atoms with Crippen molar-refractivity contribution >= 4 is 17.7 Å². The summed E-state index contributed by atoms with van der Waals surface area (Å²) in [6.45, 7) is 6.73. The third-order valence-corrected chi connectivity index (χ3v) is 3.84. The lowest BCUT2D eigenvalue weighted by Crippen LogP contribution is -2.46. The van der Waals surface area contributed by atoms with Gasteiger partial charge in [0.1, 0.15) is 11.6 Å². The first-order valence-corrected chi connectivity index (χ1v) is 9.59. The first kappa shape index (κ1) is 23.6. The molecular formula is C21H25N3O7. The van der Waals surface area contributed by atoms with Gasteiger partial charge in [0.05, 0.1) is 11.5 Å². The molecule has 0 saturated carbocycles. The fourth-order valence-corrected chi connectivity index (χ4v) is 2.64. The fourth-order valence-electron chi connectivity index (χ4n) is 2.64. The minimum Gasteiger partial charge on any atom is -0.463 e. The Morgan fingerprint density at radius 3 is 2.42 bits per heavy atom. The van der Waals surface area contributed by atoms with Crippen molar-refractivity contribution in [2.24, 2.45) is 0 Å². The second-order valence-electron chi connectivity index (χ2n) is 7.41. The third-order valence-electron chi connectivity index (χ3n) is 3.84. The first-order valence-electron chi connectivity index (χ1n) is 9.59. The molecule has 1 N–H and O–H groups in total. The van der Waals surface area contributed by atoms with Gasteiger partial charge in [-0.2, -0.15) is 0 Å². The van der Waals surface area contributed by atoms with E-state index in [4.69, 9.17) is 14.2 Å².